The molecule has 1 fully saturated rings. The van der Waals surface area contributed by atoms with E-state index in [0.717, 1.165) is 31.6 Å². The fourth-order valence-corrected chi connectivity index (χ4v) is 3.96. The smallest absolute Gasteiger partial charge is 0.327 e. The van der Waals surface area contributed by atoms with Crippen molar-refractivity contribution in [2.75, 3.05) is 32.0 Å². The van der Waals surface area contributed by atoms with Crippen LogP contribution in [0.4, 0.5) is 5.82 Å². The summed E-state index contributed by atoms with van der Waals surface area (Å²) in [7, 11) is 0. The number of nitrogens with two attached hydrogens (primary N) is 1. The molecule has 8 heteroatoms. The predicted molar refractivity (Wildman–Crippen MR) is 112 cm³/mol. The molecule has 0 unspecified atom stereocenters. The Morgan fingerprint density at radius 3 is 2.64 bits per heavy atom. The Bertz CT molecular complexity index is 807. The van der Waals surface area contributed by atoms with Crippen LogP contribution >= 0.6 is 0 Å². The Morgan fingerprint density at radius 1 is 1.14 bits per heavy atom. The van der Waals surface area contributed by atoms with Crippen LogP contribution in [-0.2, 0) is 6.54 Å². The van der Waals surface area contributed by atoms with E-state index in [1.165, 1.54) is 38.9 Å². The Kier molecular flexibility index (Phi) is 7.30. The Hall–Kier alpha value is -2.09. The number of aromatic nitrogens is 4. The normalized spacial score (nSPS) is 16.1. The number of aryl methyl sites for hydroxylation is 1. The minimum atomic E-state index is -0.181. The molecule has 8 nitrogen and oxygen atoms in total. The van der Waals surface area contributed by atoms with Crippen molar-refractivity contribution in [2.45, 2.75) is 65.3 Å². The van der Waals surface area contributed by atoms with E-state index in [9.17, 15) is 4.79 Å². The zero-order valence-electron chi connectivity index (χ0n) is 17.2. The lowest BCUT2D eigenvalue weighted by atomic mass is 9.92. The number of hydrogen-bond acceptors (Lipinski definition) is 6. The number of hydrogen-bond donors (Lipinski definition) is 2. The molecule has 0 saturated carbocycles. The van der Waals surface area contributed by atoms with E-state index in [2.05, 4.69) is 33.7 Å². The van der Waals surface area contributed by atoms with Crippen molar-refractivity contribution in [3.05, 3.63) is 10.5 Å². The van der Waals surface area contributed by atoms with Crippen molar-refractivity contribution in [2.24, 2.45) is 5.92 Å². The SMILES string of the molecule is CCCCOc1nc(N)c2[nH]c(=O)n(CCCC3CCN(CCC)CC3)c2n1. The van der Waals surface area contributed by atoms with Gasteiger partial charge in [-0.3, -0.25) is 4.57 Å². The maximum atomic E-state index is 12.4. The summed E-state index contributed by atoms with van der Waals surface area (Å²) in [6, 6.07) is 0.245. The third-order valence-electron chi connectivity index (χ3n) is 5.60. The van der Waals surface area contributed by atoms with E-state index in [-0.39, 0.29) is 17.5 Å². The van der Waals surface area contributed by atoms with Gasteiger partial charge < -0.3 is 20.4 Å². The lowest BCUT2D eigenvalue weighted by Gasteiger charge is -2.31. The second kappa shape index (κ2) is 9.91. The minimum absolute atomic E-state index is 0.181. The van der Waals surface area contributed by atoms with Crippen molar-refractivity contribution >= 4 is 17.0 Å². The summed E-state index contributed by atoms with van der Waals surface area (Å²) >= 11 is 0. The van der Waals surface area contributed by atoms with Crippen LogP contribution in [0, 0.1) is 5.92 Å². The molecule has 0 spiro atoms. The van der Waals surface area contributed by atoms with Crippen LogP contribution in [0.3, 0.4) is 0 Å². The number of likely N-dealkylation sites (tertiary alicyclic amines) is 1. The lowest BCUT2D eigenvalue weighted by Crippen LogP contribution is -2.34. The molecule has 1 saturated heterocycles. The van der Waals surface area contributed by atoms with Gasteiger partial charge in [-0.15, -0.1) is 0 Å². The number of nitrogens with zero attached hydrogens (tertiary/aromatic N) is 4. The van der Waals surface area contributed by atoms with E-state index < -0.39 is 0 Å². The van der Waals surface area contributed by atoms with Gasteiger partial charge >= 0.3 is 11.7 Å². The summed E-state index contributed by atoms with van der Waals surface area (Å²) in [5.41, 5.74) is 6.87. The molecule has 0 amide bonds. The summed E-state index contributed by atoms with van der Waals surface area (Å²) in [4.78, 5) is 26.3. The second-order valence-corrected chi connectivity index (χ2v) is 7.80. The maximum absolute atomic E-state index is 12.4. The first kappa shape index (κ1) is 20.6. The van der Waals surface area contributed by atoms with Crippen LogP contribution < -0.4 is 16.2 Å². The number of fused-ring (bicyclic) bond motifs is 1. The standard InChI is InChI=1S/C20H34N6O2/c1-3-5-14-28-19-23-17(21)16-18(24-19)26(20(27)22-16)11-6-7-15-8-12-25(10-4-2)13-9-15/h15H,3-14H2,1-2H3,(H,22,27)(H2,21,23,24). The Morgan fingerprint density at radius 2 is 1.93 bits per heavy atom. The molecule has 28 heavy (non-hydrogen) atoms. The molecule has 0 aliphatic carbocycles. The first-order valence-corrected chi connectivity index (χ1v) is 10.7. The van der Waals surface area contributed by atoms with Gasteiger partial charge in [0.1, 0.15) is 5.52 Å². The van der Waals surface area contributed by atoms with Gasteiger partial charge in [0.15, 0.2) is 11.5 Å². The van der Waals surface area contributed by atoms with E-state index in [1.807, 2.05) is 0 Å². The Labute approximate surface area is 166 Å². The maximum Gasteiger partial charge on any atom is 0.327 e. The molecule has 0 atom stereocenters. The lowest BCUT2D eigenvalue weighted by molar-refractivity contribution is 0.177. The van der Waals surface area contributed by atoms with E-state index >= 15 is 0 Å². The molecular weight excluding hydrogens is 356 g/mol. The number of unbranched alkanes of at least 4 members (excludes halogenated alkanes) is 1. The number of nitrogen functional groups attached to an aromatic ring is 1. The number of aromatic amines is 1. The molecule has 2 aromatic rings. The number of H-pyrrole nitrogens is 1. The molecule has 0 radical (unpaired) electrons. The monoisotopic (exact) mass is 390 g/mol. The molecule has 2 aromatic heterocycles. The van der Waals surface area contributed by atoms with Gasteiger partial charge in [0.2, 0.25) is 0 Å². The zero-order valence-corrected chi connectivity index (χ0v) is 17.2. The molecule has 3 heterocycles. The summed E-state index contributed by atoms with van der Waals surface area (Å²) in [6.07, 6.45) is 7.80. The molecule has 156 valence electrons. The first-order valence-electron chi connectivity index (χ1n) is 10.7. The van der Waals surface area contributed by atoms with Gasteiger partial charge in [0.25, 0.3) is 0 Å². The number of anilines is 1. The summed E-state index contributed by atoms with van der Waals surface area (Å²) in [5, 5.41) is 0. The largest absolute Gasteiger partial charge is 0.463 e. The molecule has 3 rings (SSSR count). The van der Waals surface area contributed by atoms with Crippen LogP contribution in [0.1, 0.15) is 58.8 Å². The molecule has 1 aliphatic heterocycles. The molecule has 3 N–H and O–H groups in total. The fraction of sp³-hybridized carbons (Fsp3) is 0.750. The number of rotatable bonds is 10. The highest BCUT2D eigenvalue weighted by Gasteiger charge is 2.19. The molecule has 0 bridgehead atoms. The van der Waals surface area contributed by atoms with Crippen molar-refractivity contribution in [1.29, 1.82) is 0 Å². The molecule has 1 aliphatic rings. The van der Waals surface area contributed by atoms with Crippen LogP contribution in [0.25, 0.3) is 11.2 Å². The van der Waals surface area contributed by atoms with Crippen LogP contribution in [0.15, 0.2) is 4.79 Å². The number of imidazole rings is 1. The van der Waals surface area contributed by atoms with Gasteiger partial charge in [-0.05, 0) is 64.1 Å². The minimum Gasteiger partial charge on any atom is -0.463 e. The summed E-state index contributed by atoms with van der Waals surface area (Å²) in [5.74, 6) is 1.01. The average molecular weight is 391 g/mol. The topological polar surface area (TPSA) is 102 Å². The average Bonchev–Trinajstić information content (AvgIpc) is 3.00. The molecular formula is C20H34N6O2. The van der Waals surface area contributed by atoms with Crippen molar-refractivity contribution in [1.82, 2.24) is 24.4 Å². The Balaban J connectivity index is 1.61. The van der Waals surface area contributed by atoms with E-state index in [4.69, 9.17) is 10.5 Å². The first-order chi connectivity index (χ1) is 13.6. The van der Waals surface area contributed by atoms with Crippen LogP contribution in [0.2, 0.25) is 0 Å². The van der Waals surface area contributed by atoms with Crippen molar-refractivity contribution in [3.63, 3.8) is 0 Å². The van der Waals surface area contributed by atoms with E-state index in [0.29, 0.717) is 24.3 Å². The highest BCUT2D eigenvalue weighted by atomic mass is 16.5. The van der Waals surface area contributed by atoms with E-state index in [1.54, 1.807) is 4.57 Å². The number of ether oxygens (including phenoxy) is 1. The van der Waals surface area contributed by atoms with Gasteiger partial charge in [-0.1, -0.05) is 20.3 Å². The number of nitrogens with one attached hydrogen (secondary N) is 1. The third kappa shape index (κ3) is 5.04. The van der Waals surface area contributed by atoms with Gasteiger partial charge in [0.05, 0.1) is 6.61 Å². The molecule has 0 aromatic carbocycles. The van der Waals surface area contributed by atoms with Crippen molar-refractivity contribution < 1.29 is 4.74 Å². The highest BCUT2D eigenvalue weighted by Crippen LogP contribution is 2.23. The summed E-state index contributed by atoms with van der Waals surface area (Å²) < 4.78 is 7.27. The van der Waals surface area contributed by atoms with Gasteiger partial charge in [-0.25, -0.2) is 4.79 Å². The predicted octanol–water partition coefficient (Wildman–Crippen LogP) is 2.78. The fourth-order valence-electron chi connectivity index (χ4n) is 3.96. The van der Waals surface area contributed by atoms with Gasteiger partial charge in [0, 0.05) is 6.54 Å². The zero-order chi connectivity index (χ0) is 19.9. The summed E-state index contributed by atoms with van der Waals surface area (Å²) in [6.45, 7) is 9.13. The second-order valence-electron chi connectivity index (χ2n) is 7.80. The van der Waals surface area contributed by atoms with Gasteiger partial charge in [-0.2, -0.15) is 9.97 Å². The quantitative estimate of drug-likeness (QED) is 0.605. The van der Waals surface area contributed by atoms with Crippen molar-refractivity contribution in [3.8, 4) is 6.01 Å². The highest BCUT2D eigenvalue weighted by molar-refractivity contribution is 5.81. The van der Waals surface area contributed by atoms with Crippen LogP contribution in [0.5, 0.6) is 6.01 Å². The van der Waals surface area contributed by atoms with Crippen LogP contribution in [-0.4, -0.2) is 50.7 Å². The number of piperidine rings is 1. The third-order valence-corrected chi connectivity index (χ3v) is 5.60.